The van der Waals surface area contributed by atoms with Crippen molar-refractivity contribution in [2.45, 2.75) is 6.36 Å². The Morgan fingerprint density at radius 1 is 1.33 bits per heavy atom. The van der Waals surface area contributed by atoms with Crippen molar-refractivity contribution in [1.29, 1.82) is 0 Å². The van der Waals surface area contributed by atoms with E-state index in [0.717, 1.165) is 18.2 Å². The van der Waals surface area contributed by atoms with E-state index in [9.17, 15) is 22.4 Å². The van der Waals surface area contributed by atoms with Gasteiger partial charge in [-0.2, -0.15) is 4.99 Å². The van der Waals surface area contributed by atoms with Gasteiger partial charge in [0.2, 0.25) is 6.08 Å². The number of nitrogens with zero attached hydrogens (tertiary/aromatic N) is 1. The van der Waals surface area contributed by atoms with E-state index in [-0.39, 0.29) is 0 Å². The van der Waals surface area contributed by atoms with Crippen LogP contribution in [0.2, 0.25) is 0 Å². The van der Waals surface area contributed by atoms with Gasteiger partial charge in [-0.3, -0.25) is 0 Å². The largest absolute Gasteiger partial charge is 0.573 e. The van der Waals surface area contributed by atoms with Crippen molar-refractivity contribution in [3.05, 3.63) is 24.0 Å². The number of benzene rings is 1. The number of hydrogen-bond donors (Lipinski definition) is 0. The van der Waals surface area contributed by atoms with E-state index >= 15 is 0 Å². The molecule has 0 bridgehead atoms. The summed E-state index contributed by atoms with van der Waals surface area (Å²) >= 11 is 0. The maximum Gasteiger partial charge on any atom is 0.573 e. The maximum atomic E-state index is 12.9. The minimum absolute atomic E-state index is 0.403. The van der Waals surface area contributed by atoms with E-state index in [0.29, 0.717) is 6.07 Å². The van der Waals surface area contributed by atoms with Gasteiger partial charge in [-0.15, -0.1) is 13.2 Å². The molecule has 0 heterocycles. The monoisotopic (exact) mass is 221 g/mol. The van der Waals surface area contributed by atoms with Gasteiger partial charge in [-0.05, 0) is 12.1 Å². The molecule has 0 saturated carbocycles. The zero-order valence-corrected chi connectivity index (χ0v) is 7.01. The average Bonchev–Trinajstić information content (AvgIpc) is 2.07. The minimum atomic E-state index is -4.89. The summed E-state index contributed by atoms with van der Waals surface area (Å²) < 4.78 is 51.4. The molecule has 1 rings (SSSR count). The van der Waals surface area contributed by atoms with E-state index in [4.69, 9.17) is 0 Å². The Hall–Kier alpha value is -1.88. The number of rotatable bonds is 2. The number of halogens is 4. The SMILES string of the molecule is O=C=Nc1ccc(OC(F)(F)F)cc1F. The average molecular weight is 221 g/mol. The van der Waals surface area contributed by atoms with Gasteiger partial charge in [-0.1, -0.05) is 0 Å². The zero-order valence-electron chi connectivity index (χ0n) is 7.01. The van der Waals surface area contributed by atoms with Crippen molar-refractivity contribution in [3.8, 4) is 5.75 Å². The second-order valence-corrected chi connectivity index (χ2v) is 2.36. The minimum Gasteiger partial charge on any atom is -0.406 e. The fourth-order valence-electron chi connectivity index (χ4n) is 0.825. The lowest BCUT2D eigenvalue weighted by atomic mass is 10.3. The van der Waals surface area contributed by atoms with E-state index in [1.807, 2.05) is 0 Å². The van der Waals surface area contributed by atoms with Crippen molar-refractivity contribution in [2.24, 2.45) is 4.99 Å². The van der Waals surface area contributed by atoms with Gasteiger partial charge in [0, 0.05) is 6.07 Å². The molecule has 3 nitrogen and oxygen atoms in total. The first-order chi connectivity index (χ1) is 6.92. The Bertz CT molecular complexity index is 410. The first kappa shape index (κ1) is 11.2. The molecule has 0 radical (unpaired) electrons. The summed E-state index contributed by atoms with van der Waals surface area (Å²) in [4.78, 5) is 12.7. The second kappa shape index (κ2) is 4.10. The molecule has 7 heteroatoms. The normalized spacial score (nSPS) is 10.7. The van der Waals surface area contributed by atoms with Crippen molar-refractivity contribution < 1.29 is 27.1 Å². The van der Waals surface area contributed by atoms with Gasteiger partial charge in [0.25, 0.3) is 0 Å². The first-order valence-electron chi connectivity index (χ1n) is 3.55. The van der Waals surface area contributed by atoms with Gasteiger partial charge >= 0.3 is 6.36 Å². The molecule has 0 aliphatic heterocycles. The molecule has 0 amide bonds. The van der Waals surface area contributed by atoms with Crippen LogP contribution >= 0.6 is 0 Å². The van der Waals surface area contributed by atoms with Gasteiger partial charge in [-0.25, -0.2) is 9.18 Å². The summed E-state index contributed by atoms with van der Waals surface area (Å²) in [5, 5.41) is 0. The first-order valence-corrected chi connectivity index (χ1v) is 3.55. The summed E-state index contributed by atoms with van der Waals surface area (Å²) in [6.07, 6.45) is -3.82. The molecule has 0 aromatic heterocycles. The third-order valence-corrected chi connectivity index (χ3v) is 1.32. The summed E-state index contributed by atoms with van der Waals surface area (Å²) in [5.41, 5.74) is -0.403. The molecule has 80 valence electrons. The number of carbonyl (C=O) groups excluding carboxylic acids is 1. The summed E-state index contributed by atoms with van der Waals surface area (Å²) in [5.74, 6) is -1.81. The Morgan fingerprint density at radius 3 is 2.47 bits per heavy atom. The molecule has 1 aromatic carbocycles. The Balaban J connectivity index is 2.96. The van der Waals surface area contributed by atoms with Crippen LogP contribution < -0.4 is 4.74 Å². The van der Waals surface area contributed by atoms with Gasteiger partial charge < -0.3 is 4.74 Å². The van der Waals surface area contributed by atoms with Crippen LogP contribution in [-0.4, -0.2) is 12.4 Å². The highest BCUT2D eigenvalue weighted by Crippen LogP contribution is 2.27. The fraction of sp³-hybridized carbons (Fsp3) is 0.125. The van der Waals surface area contributed by atoms with Crippen LogP contribution in [-0.2, 0) is 4.79 Å². The third kappa shape index (κ3) is 3.40. The van der Waals surface area contributed by atoms with Crippen molar-refractivity contribution in [2.75, 3.05) is 0 Å². The number of isocyanates is 1. The zero-order chi connectivity index (χ0) is 11.5. The predicted octanol–water partition coefficient (Wildman–Crippen LogP) is 2.69. The molecule has 0 aliphatic carbocycles. The van der Waals surface area contributed by atoms with Crippen LogP contribution in [0.1, 0.15) is 0 Å². The molecular formula is C8H3F4NO2. The van der Waals surface area contributed by atoms with E-state index < -0.39 is 23.6 Å². The van der Waals surface area contributed by atoms with Crippen LogP contribution in [0.25, 0.3) is 0 Å². The number of alkyl halides is 3. The van der Waals surface area contributed by atoms with Crippen molar-refractivity contribution in [3.63, 3.8) is 0 Å². The van der Waals surface area contributed by atoms with E-state index in [1.54, 1.807) is 0 Å². The predicted molar refractivity (Wildman–Crippen MR) is 40.9 cm³/mol. The van der Waals surface area contributed by atoms with Crippen LogP contribution in [0.3, 0.4) is 0 Å². The van der Waals surface area contributed by atoms with E-state index in [2.05, 4.69) is 9.73 Å². The highest BCUT2D eigenvalue weighted by molar-refractivity contribution is 5.51. The molecule has 0 spiro atoms. The quantitative estimate of drug-likeness (QED) is 0.437. The Labute approximate surface area is 81.0 Å². The Morgan fingerprint density at radius 2 is 2.00 bits per heavy atom. The smallest absolute Gasteiger partial charge is 0.406 e. The van der Waals surface area contributed by atoms with E-state index in [1.165, 1.54) is 0 Å². The standard InChI is InChI=1S/C8H3F4NO2/c9-6-3-5(15-8(10,11)12)1-2-7(6)13-4-14/h1-3H. The molecule has 0 N–H and O–H groups in total. The number of hydrogen-bond acceptors (Lipinski definition) is 3. The Kier molecular flexibility index (Phi) is 3.06. The van der Waals surface area contributed by atoms with Crippen molar-refractivity contribution >= 4 is 11.8 Å². The molecule has 0 unspecified atom stereocenters. The molecule has 1 aromatic rings. The van der Waals surface area contributed by atoms with Gasteiger partial charge in [0.05, 0.1) is 0 Å². The number of ether oxygens (including phenoxy) is 1. The maximum absolute atomic E-state index is 12.9. The summed E-state index contributed by atoms with van der Waals surface area (Å²) in [6.45, 7) is 0. The van der Waals surface area contributed by atoms with Crippen LogP contribution in [0.5, 0.6) is 5.75 Å². The molecule has 0 atom stereocenters. The van der Waals surface area contributed by atoms with Crippen LogP contribution in [0.15, 0.2) is 23.2 Å². The van der Waals surface area contributed by atoms with Gasteiger partial charge in [0.15, 0.2) is 5.82 Å². The molecule has 0 aliphatic rings. The fourth-order valence-corrected chi connectivity index (χ4v) is 0.825. The lowest BCUT2D eigenvalue weighted by molar-refractivity contribution is -0.274. The summed E-state index contributed by atoms with van der Waals surface area (Å²) in [7, 11) is 0. The highest BCUT2D eigenvalue weighted by atomic mass is 19.4. The topological polar surface area (TPSA) is 38.7 Å². The third-order valence-electron chi connectivity index (χ3n) is 1.32. The lowest BCUT2D eigenvalue weighted by Gasteiger charge is -2.08. The van der Waals surface area contributed by atoms with Crippen molar-refractivity contribution in [1.82, 2.24) is 0 Å². The highest BCUT2D eigenvalue weighted by Gasteiger charge is 2.31. The molecule has 0 fully saturated rings. The molecule has 15 heavy (non-hydrogen) atoms. The molecular weight excluding hydrogens is 218 g/mol. The van der Waals surface area contributed by atoms with Crippen LogP contribution in [0, 0.1) is 5.82 Å². The second-order valence-electron chi connectivity index (χ2n) is 2.36. The number of aliphatic imine (C=N–C) groups is 1. The molecule has 0 saturated heterocycles. The van der Waals surface area contributed by atoms with Gasteiger partial charge in [0.1, 0.15) is 11.4 Å². The van der Waals surface area contributed by atoms with Crippen LogP contribution in [0.4, 0.5) is 23.2 Å². The summed E-state index contributed by atoms with van der Waals surface area (Å²) in [6, 6.07) is 2.19. The lowest BCUT2D eigenvalue weighted by Crippen LogP contribution is -2.17.